The molecule has 0 radical (unpaired) electrons. The molecule has 5 heteroatoms. The molecule has 0 spiro atoms. The maximum absolute atomic E-state index is 14.1. The molecule has 3 aromatic rings. The summed E-state index contributed by atoms with van der Waals surface area (Å²) >= 11 is 0. The summed E-state index contributed by atoms with van der Waals surface area (Å²) in [5.74, 6) is 2.27. The lowest BCUT2D eigenvalue weighted by molar-refractivity contribution is 0.237. The Hall–Kier alpha value is -3.05. The Balaban J connectivity index is 1.41. The van der Waals surface area contributed by atoms with Gasteiger partial charge in [0.05, 0.1) is 13.7 Å². The van der Waals surface area contributed by atoms with Crippen molar-refractivity contribution in [2.24, 2.45) is 0 Å². The maximum Gasteiger partial charge on any atom is 0.126 e. The Bertz CT molecular complexity index is 1080. The molecule has 2 heterocycles. The molecule has 5 rings (SSSR count). The van der Waals surface area contributed by atoms with E-state index >= 15 is 0 Å². The third-order valence-corrected chi connectivity index (χ3v) is 6.77. The molecule has 0 N–H and O–H groups in total. The van der Waals surface area contributed by atoms with E-state index in [2.05, 4.69) is 23.1 Å². The first-order valence-corrected chi connectivity index (χ1v) is 11.7. The number of halogens is 1. The molecule has 4 nitrogen and oxygen atoms in total. The SMILES string of the molecule is COc1ccc2c(c1)OC[C@H](c1cccc(F)c1)[C@@H]2c1ccc(OCCN2CCCC2)cc1. The molecule has 2 aliphatic heterocycles. The highest BCUT2D eigenvalue weighted by atomic mass is 19.1. The van der Waals surface area contributed by atoms with Crippen molar-refractivity contribution in [3.63, 3.8) is 0 Å². The standard InChI is InChI=1S/C28H30FNO3/c1-31-24-11-12-25-27(18-24)33-19-26(21-5-4-6-22(29)17-21)28(25)20-7-9-23(10-8-20)32-16-15-30-13-2-3-14-30/h4-12,17-18,26,28H,2-3,13-16,19H2,1H3/t26-,28-/m1/s1. The van der Waals surface area contributed by atoms with E-state index in [0.717, 1.165) is 40.5 Å². The molecule has 0 unspecified atom stereocenters. The van der Waals surface area contributed by atoms with Crippen LogP contribution in [0, 0.1) is 5.82 Å². The van der Waals surface area contributed by atoms with Crippen molar-refractivity contribution < 1.29 is 18.6 Å². The number of fused-ring (bicyclic) bond motifs is 1. The lowest BCUT2D eigenvalue weighted by Gasteiger charge is -2.34. The number of methoxy groups -OCH3 is 1. The normalized spacial score (nSPS) is 20.2. The number of likely N-dealkylation sites (tertiary alicyclic amines) is 1. The van der Waals surface area contributed by atoms with E-state index in [1.807, 2.05) is 30.3 Å². The fraction of sp³-hybridized carbons (Fsp3) is 0.357. The minimum Gasteiger partial charge on any atom is -0.497 e. The molecular formula is C28H30FNO3. The van der Waals surface area contributed by atoms with Crippen LogP contribution in [0.5, 0.6) is 17.2 Å². The van der Waals surface area contributed by atoms with Gasteiger partial charge in [-0.1, -0.05) is 30.3 Å². The van der Waals surface area contributed by atoms with Crippen LogP contribution < -0.4 is 14.2 Å². The Labute approximate surface area is 194 Å². The van der Waals surface area contributed by atoms with E-state index in [0.29, 0.717) is 13.2 Å². The van der Waals surface area contributed by atoms with Crippen molar-refractivity contribution in [1.29, 1.82) is 0 Å². The van der Waals surface area contributed by atoms with Gasteiger partial charge < -0.3 is 14.2 Å². The topological polar surface area (TPSA) is 30.9 Å². The molecule has 1 saturated heterocycles. The van der Waals surface area contributed by atoms with E-state index in [9.17, 15) is 4.39 Å². The molecule has 0 aliphatic carbocycles. The zero-order valence-corrected chi connectivity index (χ0v) is 19.0. The summed E-state index contributed by atoms with van der Waals surface area (Å²) < 4.78 is 31.6. The molecule has 0 aromatic heterocycles. The van der Waals surface area contributed by atoms with Crippen LogP contribution in [-0.4, -0.2) is 44.9 Å². The monoisotopic (exact) mass is 447 g/mol. The smallest absolute Gasteiger partial charge is 0.126 e. The number of rotatable bonds is 7. The van der Waals surface area contributed by atoms with Crippen molar-refractivity contribution in [3.05, 3.63) is 89.2 Å². The minimum absolute atomic E-state index is 0.00327. The van der Waals surface area contributed by atoms with E-state index in [4.69, 9.17) is 14.2 Å². The first kappa shape index (κ1) is 21.8. The summed E-state index contributed by atoms with van der Waals surface area (Å²) in [5.41, 5.74) is 3.18. The van der Waals surface area contributed by atoms with Crippen LogP contribution in [0.3, 0.4) is 0 Å². The van der Waals surface area contributed by atoms with Crippen LogP contribution in [0.1, 0.15) is 41.4 Å². The second kappa shape index (κ2) is 9.84. The highest BCUT2D eigenvalue weighted by Crippen LogP contribution is 2.47. The number of ether oxygens (including phenoxy) is 3. The number of hydrogen-bond donors (Lipinski definition) is 0. The van der Waals surface area contributed by atoms with Crippen molar-refractivity contribution in [1.82, 2.24) is 4.90 Å². The zero-order valence-electron chi connectivity index (χ0n) is 19.0. The molecule has 0 bridgehead atoms. The highest BCUT2D eigenvalue weighted by Gasteiger charge is 2.34. The Morgan fingerprint density at radius 1 is 0.939 bits per heavy atom. The van der Waals surface area contributed by atoms with Crippen molar-refractivity contribution in [3.8, 4) is 17.2 Å². The quantitative estimate of drug-likeness (QED) is 0.471. The minimum atomic E-state index is -0.228. The lowest BCUT2D eigenvalue weighted by Crippen LogP contribution is -2.25. The summed E-state index contributed by atoms with van der Waals surface area (Å²) in [5, 5.41) is 0. The van der Waals surface area contributed by atoms with Crippen molar-refractivity contribution in [2.75, 3.05) is 40.0 Å². The van der Waals surface area contributed by atoms with Gasteiger partial charge in [0.25, 0.3) is 0 Å². The second-order valence-electron chi connectivity index (χ2n) is 8.82. The third-order valence-electron chi connectivity index (χ3n) is 6.77. The molecular weight excluding hydrogens is 417 g/mol. The van der Waals surface area contributed by atoms with E-state index < -0.39 is 0 Å². The summed E-state index contributed by atoms with van der Waals surface area (Å²) in [6.07, 6.45) is 2.58. The molecule has 0 saturated carbocycles. The molecule has 172 valence electrons. The van der Waals surface area contributed by atoms with Crippen LogP contribution >= 0.6 is 0 Å². The number of benzene rings is 3. The number of hydrogen-bond acceptors (Lipinski definition) is 4. The maximum atomic E-state index is 14.1. The van der Waals surface area contributed by atoms with E-state index in [-0.39, 0.29) is 17.7 Å². The van der Waals surface area contributed by atoms with Crippen LogP contribution in [0.25, 0.3) is 0 Å². The van der Waals surface area contributed by atoms with Gasteiger partial charge in [0.1, 0.15) is 29.7 Å². The Kier molecular flexibility index (Phi) is 6.49. The first-order valence-electron chi connectivity index (χ1n) is 11.7. The van der Waals surface area contributed by atoms with Gasteiger partial charge in [0.15, 0.2) is 0 Å². The third kappa shape index (κ3) is 4.83. The van der Waals surface area contributed by atoms with Gasteiger partial charge in [-0.3, -0.25) is 4.90 Å². The molecule has 2 atom stereocenters. The van der Waals surface area contributed by atoms with Crippen LogP contribution in [0.15, 0.2) is 66.7 Å². The van der Waals surface area contributed by atoms with Crippen LogP contribution in [0.4, 0.5) is 4.39 Å². The second-order valence-corrected chi connectivity index (χ2v) is 8.82. The lowest BCUT2D eigenvalue weighted by atomic mass is 9.76. The summed E-state index contributed by atoms with van der Waals surface area (Å²) in [6, 6.07) is 21.1. The molecule has 0 amide bonds. The molecule has 2 aliphatic rings. The largest absolute Gasteiger partial charge is 0.497 e. The van der Waals surface area contributed by atoms with E-state index in [1.165, 1.54) is 32.0 Å². The van der Waals surface area contributed by atoms with E-state index in [1.54, 1.807) is 19.2 Å². The van der Waals surface area contributed by atoms with Gasteiger partial charge in [-0.05, 0) is 67.4 Å². The van der Waals surface area contributed by atoms with Gasteiger partial charge in [0.2, 0.25) is 0 Å². The fourth-order valence-corrected chi connectivity index (χ4v) is 5.02. The van der Waals surface area contributed by atoms with Gasteiger partial charge in [0, 0.05) is 30.0 Å². The van der Waals surface area contributed by atoms with Crippen molar-refractivity contribution >= 4 is 0 Å². The van der Waals surface area contributed by atoms with Gasteiger partial charge in [-0.15, -0.1) is 0 Å². The fourth-order valence-electron chi connectivity index (χ4n) is 5.02. The molecule has 1 fully saturated rings. The average molecular weight is 448 g/mol. The highest BCUT2D eigenvalue weighted by molar-refractivity contribution is 5.51. The Morgan fingerprint density at radius 3 is 2.48 bits per heavy atom. The van der Waals surface area contributed by atoms with Gasteiger partial charge >= 0.3 is 0 Å². The number of nitrogens with zero attached hydrogens (tertiary/aromatic N) is 1. The first-order chi connectivity index (χ1) is 16.2. The predicted octanol–water partition coefficient (Wildman–Crippen LogP) is 5.62. The summed E-state index contributed by atoms with van der Waals surface area (Å²) in [7, 11) is 1.65. The van der Waals surface area contributed by atoms with Crippen molar-refractivity contribution in [2.45, 2.75) is 24.7 Å². The Morgan fingerprint density at radius 2 is 1.73 bits per heavy atom. The van der Waals surface area contributed by atoms with Gasteiger partial charge in [-0.25, -0.2) is 4.39 Å². The summed E-state index contributed by atoms with van der Waals surface area (Å²) in [6.45, 7) is 4.50. The summed E-state index contributed by atoms with van der Waals surface area (Å²) in [4.78, 5) is 2.45. The van der Waals surface area contributed by atoms with Crippen LogP contribution in [-0.2, 0) is 0 Å². The average Bonchev–Trinajstić information content (AvgIpc) is 3.37. The molecule has 33 heavy (non-hydrogen) atoms. The zero-order chi connectivity index (χ0) is 22.6. The molecule has 3 aromatic carbocycles. The van der Waals surface area contributed by atoms with Gasteiger partial charge in [-0.2, -0.15) is 0 Å². The van der Waals surface area contributed by atoms with Crippen LogP contribution in [0.2, 0.25) is 0 Å². The predicted molar refractivity (Wildman–Crippen MR) is 127 cm³/mol.